The number of allylic oxidation sites excluding steroid dienone is 1. The highest BCUT2D eigenvalue weighted by Crippen LogP contribution is 2.38. The van der Waals surface area contributed by atoms with Gasteiger partial charge in [-0.3, -0.25) is 4.79 Å². The van der Waals surface area contributed by atoms with Crippen molar-refractivity contribution in [1.29, 1.82) is 0 Å². The summed E-state index contributed by atoms with van der Waals surface area (Å²) in [5, 5.41) is 3.77. The summed E-state index contributed by atoms with van der Waals surface area (Å²) in [6.07, 6.45) is 9.12. The zero-order valence-corrected chi connectivity index (χ0v) is 13.9. The maximum Gasteiger partial charge on any atom is 0.187 e. The van der Waals surface area contributed by atoms with Gasteiger partial charge in [0.15, 0.2) is 5.78 Å². The number of hydrogen-bond donors (Lipinski definition) is 1. The molecular weight excluding hydrogens is 294 g/mol. The average Bonchev–Trinajstić information content (AvgIpc) is 2.63. The fraction of sp³-hybridized carbons (Fsp3) is 0.318. The standard InChI is InChI=1S/C22H23NO/c24-21(17-9-3-1-4-10-17)15-20-19-12-6-5-11-18(19)16-22(23-20)13-7-2-8-14-22/h1,3-6,9-12,15,23H,2,7-8,13-14,16H2. The summed E-state index contributed by atoms with van der Waals surface area (Å²) >= 11 is 0. The summed E-state index contributed by atoms with van der Waals surface area (Å²) in [5.41, 5.74) is 4.42. The molecule has 2 aromatic rings. The third kappa shape index (κ3) is 2.89. The van der Waals surface area contributed by atoms with Gasteiger partial charge in [0, 0.05) is 28.4 Å². The molecule has 1 aliphatic carbocycles. The van der Waals surface area contributed by atoms with Crippen molar-refractivity contribution in [2.45, 2.75) is 44.1 Å². The van der Waals surface area contributed by atoms with Crippen molar-refractivity contribution in [1.82, 2.24) is 5.32 Å². The van der Waals surface area contributed by atoms with Crippen molar-refractivity contribution in [3.63, 3.8) is 0 Å². The quantitative estimate of drug-likeness (QED) is 0.639. The van der Waals surface area contributed by atoms with Gasteiger partial charge in [-0.15, -0.1) is 0 Å². The highest BCUT2D eigenvalue weighted by Gasteiger charge is 2.37. The van der Waals surface area contributed by atoms with E-state index in [2.05, 4.69) is 29.6 Å². The van der Waals surface area contributed by atoms with Gasteiger partial charge < -0.3 is 5.32 Å². The predicted octanol–water partition coefficient (Wildman–Crippen LogP) is 4.76. The molecule has 1 N–H and O–H groups in total. The average molecular weight is 317 g/mol. The van der Waals surface area contributed by atoms with Gasteiger partial charge in [0.25, 0.3) is 0 Å². The minimum atomic E-state index is 0.0702. The maximum absolute atomic E-state index is 12.7. The fourth-order valence-corrected chi connectivity index (χ4v) is 4.16. The van der Waals surface area contributed by atoms with Crippen LogP contribution in [0.25, 0.3) is 5.70 Å². The van der Waals surface area contributed by atoms with Crippen LogP contribution in [0.15, 0.2) is 60.7 Å². The SMILES string of the molecule is O=C(C=C1NC2(CCCCC2)Cc2ccccc21)c1ccccc1. The van der Waals surface area contributed by atoms with Gasteiger partial charge >= 0.3 is 0 Å². The van der Waals surface area contributed by atoms with Crippen molar-refractivity contribution in [3.8, 4) is 0 Å². The summed E-state index contributed by atoms with van der Waals surface area (Å²) in [5.74, 6) is 0.0702. The molecule has 0 bridgehead atoms. The Morgan fingerprint density at radius 3 is 2.42 bits per heavy atom. The van der Waals surface area contributed by atoms with Crippen molar-refractivity contribution in [2.75, 3.05) is 0 Å². The lowest BCUT2D eigenvalue weighted by molar-refractivity contribution is 0.104. The Morgan fingerprint density at radius 2 is 1.62 bits per heavy atom. The molecule has 24 heavy (non-hydrogen) atoms. The predicted molar refractivity (Wildman–Crippen MR) is 97.8 cm³/mol. The van der Waals surface area contributed by atoms with Gasteiger partial charge in [0.05, 0.1) is 0 Å². The van der Waals surface area contributed by atoms with Crippen molar-refractivity contribution < 1.29 is 4.79 Å². The first-order chi connectivity index (χ1) is 11.8. The molecule has 0 aromatic heterocycles. The molecule has 0 unspecified atom stereocenters. The number of carbonyl (C=O) groups excluding carboxylic acids is 1. The lowest BCUT2D eigenvalue weighted by Gasteiger charge is -2.44. The monoisotopic (exact) mass is 317 g/mol. The van der Waals surface area contributed by atoms with Crippen LogP contribution < -0.4 is 5.32 Å². The number of hydrogen-bond acceptors (Lipinski definition) is 2. The zero-order chi connectivity index (χ0) is 16.4. The second-order valence-electron chi connectivity index (χ2n) is 7.09. The molecule has 122 valence electrons. The summed E-state index contributed by atoms with van der Waals surface area (Å²) in [7, 11) is 0. The molecule has 1 spiro atoms. The number of benzene rings is 2. The van der Waals surface area contributed by atoms with Gasteiger partial charge in [0.1, 0.15) is 0 Å². The molecule has 2 heteroatoms. The van der Waals surface area contributed by atoms with E-state index in [0.29, 0.717) is 0 Å². The smallest absolute Gasteiger partial charge is 0.187 e. The van der Waals surface area contributed by atoms with Crippen LogP contribution in [0.4, 0.5) is 0 Å². The van der Waals surface area contributed by atoms with Crippen LogP contribution in [0.2, 0.25) is 0 Å². The lowest BCUT2D eigenvalue weighted by Crippen LogP contribution is -2.50. The van der Waals surface area contributed by atoms with E-state index in [1.165, 1.54) is 43.2 Å². The zero-order valence-electron chi connectivity index (χ0n) is 13.9. The third-order valence-electron chi connectivity index (χ3n) is 5.38. The normalized spacial score (nSPS) is 20.4. The van der Waals surface area contributed by atoms with Gasteiger partial charge in [-0.05, 0) is 24.8 Å². The van der Waals surface area contributed by atoms with Crippen LogP contribution in [0.1, 0.15) is 53.6 Å². The van der Waals surface area contributed by atoms with E-state index in [1.54, 1.807) is 6.08 Å². The van der Waals surface area contributed by atoms with E-state index in [0.717, 1.165) is 17.7 Å². The molecule has 1 saturated carbocycles. The fourth-order valence-electron chi connectivity index (χ4n) is 4.16. The number of ketones is 1. The second-order valence-corrected chi connectivity index (χ2v) is 7.09. The summed E-state index contributed by atoms with van der Waals surface area (Å²) in [4.78, 5) is 12.7. The van der Waals surface area contributed by atoms with Gasteiger partial charge in [0.2, 0.25) is 0 Å². The molecule has 2 aliphatic rings. The molecule has 4 rings (SSSR count). The topological polar surface area (TPSA) is 29.1 Å². The molecule has 0 amide bonds. The minimum Gasteiger partial charge on any atom is -0.379 e. The highest BCUT2D eigenvalue weighted by atomic mass is 16.1. The molecular formula is C22H23NO. The Balaban J connectivity index is 1.73. The van der Waals surface area contributed by atoms with Gasteiger partial charge in [-0.2, -0.15) is 0 Å². The van der Waals surface area contributed by atoms with Crippen LogP contribution in [0, 0.1) is 0 Å². The molecule has 1 heterocycles. The number of carbonyl (C=O) groups is 1. The van der Waals surface area contributed by atoms with E-state index < -0.39 is 0 Å². The summed E-state index contributed by atoms with van der Waals surface area (Å²) in [6, 6.07) is 18.0. The molecule has 2 nitrogen and oxygen atoms in total. The number of rotatable bonds is 2. The Kier molecular flexibility index (Phi) is 3.97. The van der Waals surface area contributed by atoms with E-state index >= 15 is 0 Å². The van der Waals surface area contributed by atoms with Crippen molar-refractivity contribution >= 4 is 11.5 Å². The van der Waals surface area contributed by atoms with Crippen LogP contribution >= 0.6 is 0 Å². The lowest BCUT2D eigenvalue weighted by atomic mass is 9.74. The van der Waals surface area contributed by atoms with Crippen molar-refractivity contribution in [2.24, 2.45) is 0 Å². The Hall–Kier alpha value is -2.35. The van der Waals surface area contributed by atoms with E-state index in [4.69, 9.17) is 0 Å². The van der Waals surface area contributed by atoms with Gasteiger partial charge in [-0.25, -0.2) is 0 Å². The molecule has 0 radical (unpaired) electrons. The van der Waals surface area contributed by atoms with Crippen LogP contribution in [-0.2, 0) is 6.42 Å². The first kappa shape index (κ1) is 15.2. The van der Waals surface area contributed by atoms with Crippen LogP contribution in [0.5, 0.6) is 0 Å². The highest BCUT2D eigenvalue weighted by molar-refractivity contribution is 6.08. The minimum absolute atomic E-state index is 0.0702. The van der Waals surface area contributed by atoms with Gasteiger partial charge in [-0.1, -0.05) is 73.9 Å². The molecule has 1 fully saturated rings. The van der Waals surface area contributed by atoms with Crippen molar-refractivity contribution in [3.05, 3.63) is 77.4 Å². The van der Waals surface area contributed by atoms with E-state index in [-0.39, 0.29) is 11.3 Å². The molecule has 2 aromatic carbocycles. The number of nitrogens with one attached hydrogen (secondary N) is 1. The maximum atomic E-state index is 12.7. The Labute approximate surface area is 143 Å². The molecule has 0 atom stereocenters. The Bertz CT molecular complexity index is 770. The first-order valence-corrected chi connectivity index (χ1v) is 8.93. The Morgan fingerprint density at radius 1 is 0.917 bits per heavy atom. The molecule has 1 aliphatic heterocycles. The molecule has 0 saturated heterocycles. The van der Waals surface area contributed by atoms with E-state index in [9.17, 15) is 4.79 Å². The second kappa shape index (κ2) is 6.27. The third-order valence-corrected chi connectivity index (χ3v) is 5.38. The van der Waals surface area contributed by atoms with Crippen LogP contribution in [-0.4, -0.2) is 11.3 Å². The number of fused-ring (bicyclic) bond motifs is 1. The summed E-state index contributed by atoms with van der Waals surface area (Å²) in [6.45, 7) is 0. The first-order valence-electron chi connectivity index (χ1n) is 8.93. The largest absolute Gasteiger partial charge is 0.379 e. The van der Waals surface area contributed by atoms with Crippen LogP contribution in [0.3, 0.4) is 0 Å². The summed E-state index contributed by atoms with van der Waals surface area (Å²) < 4.78 is 0. The van der Waals surface area contributed by atoms with E-state index in [1.807, 2.05) is 30.3 Å².